The Morgan fingerprint density at radius 1 is 1.14 bits per heavy atom. The van der Waals surface area contributed by atoms with Crippen LogP contribution in [0.3, 0.4) is 0 Å². The summed E-state index contributed by atoms with van der Waals surface area (Å²) in [7, 11) is 0. The monoisotopic (exact) mass is 421 g/mol. The summed E-state index contributed by atoms with van der Waals surface area (Å²) in [6.07, 6.45) is 3.41. The summed E-state index contributed by atoms with van der Waals surface area (Å²) in [6.45, 7) is 2.52. The van der Waals surface area contributed by atoms with Crippen LogP contribution in [0.4, 0.5) is 0 Å². The molecule has 0 bridgehead atoms. The van der Waals surface area contributed by atoms with Crippen molar-refractivity contribution in [1.82, 2.24) is 10.7 Å². The molecular weight excluding hydrogens is 401 g/mol. The van der Waals surface area contributed by atoms with Crippen molar-refractivity contribution < 1.29 is 14.3 Å². The zero-order chi connectivity index (χ0) is 20.4. The van der Waals surface area contributed by atoms with E-state index in [9.17, 15) is 9.59 Å². The van der Waals surface area contributed by atoms with Crippen molar-refractivity contribution in [2.24, 2.45) is 5.10 Å². The maximum absolute atomic E-state index is 12.1. The summed E-state index contributed by atoms with van der Waals surface area (Å²) >= 11 is 11.9. The van der Waals surface area contributed by atoms with Crippen LogP contribution < -0.4 is 15.5 Å². The Morgan fingerprint density at radius 2 is 1.89 bits per heavy atom. The lowest BCUT2D eigenvalue weighted by Crippen LogP contribution is -2.34. The minimum atomic E-state index is -0.470. The fourth-order valence-corrected chi connectivity index (χ4v) is 2.49. The van der Waals surface area contributed by atoms with E-state index in [1.807, 2.05) is 0 Å². The van der Waals surface area contributed by atoms with Crippen molar-refractivity contribution in [3.05, 3.63) is 63.6 Å². The Bertz CT molecular complexity index is 839. The number of ether oxygens (including phenoxy) is 1. The van der Waals surface area contributed by atoms with E-state index < -0.39 is 5.91 Å². The average Bonchev–Trinajstić information content (AvgIpc) is 2.70. The molecule has 148 valence electrons. The van der Waals surface area contributed by atoms with Crippen LogP contribution in [0.1, 0.15) is 35.7 Å². The third-order valence-corrected chi connectivity index (χ3v) is 4.50. The highest BCUT2D eigenvalue weighted by Gasteiger charge is 2.08. The number of nitrogens with one attached hydrogen (secondary N) is 2. The highest BCUT2D eigenvalue weighted by atomic mass is 35.5. The lowest BCUT2D eigenvalue weighted by molar-refractivity contribution is -0.120. The number of amides is 2. The zero-order valence-corrected chi connectivity index (χ0v) is 16.9. The molecule has 0 saturated heterocycles. The van der Waals surface area contributed by atoms with Crippen molar-refractivity contribution in [2.45, 2.75) is 19.8 Å². The molecule has 0 aliphatic rings. The first kappa shape index (κ1) is 21.7. The van der Waals surface area contributed by atoms with Gasteiger partial charge >= 0.3 is 0 Å². The number of rotatable bonds is 9. The Hall–Kier alpha value is -2.57. The molecule has 0 aromatic heterocycles. The second-order valence-corrected chi connectivity index (χ2v) is 6.63. The summed E-state index contributed by atoms with van der Waals surface area (Å²) in [4.78, 5) is 23.9. The number of unbranched alkanes of at least 4 members (excludes halogenated alkanes) is 1. The fraction of sp³-hybridized carbons (Fsp3) is 0.250. The van der Waals surface area contributed by atoms with Crippen LogP contribution in [0.2, 0.25) is 10.0 Å². The van der Waals surface area contributed by atoms with Gasteiger partial charge in [-0.1, -0.05) is 48.7 Å². The maximum Gasteiger partial charge on any atom is 0.259 e. The van der Waals surface area contributed by atoms with Crippen LogP contribution >= 0.6 is 23.2 Å². The second kappa shape index (κ2) is 11.3. The predicted octanol–water partition coefficient (Wildman–Crippen LogP) is 4.05. The normalized spacial score (nSPS) is 10.7. The standard InChI is InChI=1S/C20H21Cl2N3O3/c1-2-3-11-28-16-9-7-14(8-10-16)20(27)23-13-18(26)25-24-12-15-5-4-6-17(21)19(15)22/h4-10,12H,2-3,11,13H2,1H3,(H,23,27)(H,25,26)/b24-12-. The van der Waals surface area contributed by atoms with E-state index in [2.05, 4.69) is 22.8 Å². The number of hydrogen-bond acceptors (Lipinski definition) is 4. The van der Waals surface area contributed by atoms with Gasteiger partial charge in [0.05, 0.1) is 29.4 Å². The van der Waals surface area contributed by atoms with Gasteiger partial charge in [0, 0.05) is 11.1 Å². The predicted molar refractivity (Wildman–Crippen MR) is 111 cm³/mol. The van der Waals surface area contributed by atoms with E-state index in [-0.39, 0.29) is 12.5 Å². The molecule has 2 aromatic carbocycles. The first-order chi connectivity index (χ1) is 13.5. The van der Waals surface area contributed by atoms with Gasteiger partial charge in [-0.3, -0.25) is 9.59 Å². The summed E-state index contributed by atoms with van der Waals surface area (Å²) < 4.78 is 5.55. The highest BCUT2D eigenvalue weighted by molar-refractivity contribution is 6.43. The Labute approximate surface area is 173 Å². The van der Waals surface area contributed by atoms with Gasteiger partial charge in [-0.15, -0.1) is 0 Å². The topological polar surface area (TPSA) is 79.8 Å². The van der Waals surface area contributed by atoms with Crippen LogP contribution in [0.25, 0.3) is 0 Å². The summed E-state index contributed by atoms with van der Waals surface area (Å²) in [6, 6.07) is 11.8. The SMILES string of the molecule is CCCCOc1ccc(C(=O)NCC(=O)N/N=C\c2cccc(Cl)c2Cl)cc1. The van der Waals surface area contributed by atoms with Crippen molar-refractivity contribution >= 4 is 41.2 Å². The molecule has 2 aromatic rings. The van der Waals surface area contributed by atoms with Gasteiger partial charge in [0.1, 0.15) is 5.75 Å². The van der Waals surface area contributed by atoms with Gasteiger partial charge in [0.25, 0.3) is 11.8 Å². The van der Waals surface area contributed by atoms with E-state index in [0.717, 1.165) is 12.8 Å². The molecule has 0 fully saturated rings. The van der Waals surface area contributed by atoms with Gasteiger partial charge in [0.15, 0.2) is 0 Å². The molecule has 0 aliphatic carbocycles. The third-order valence-electron chi connectivity index (χ3n) is 3.67. The first-order valence-corrected chi connectivity index (χ1v) is 9.54. The van der Waals surface area contributed by atoms with Crippen LogP contribution in [0.15, 0.2) is 47.6 Å². The van der Waals surface area contributed by atoms with E-state index in [1.54, 1.807) is 42.5 Å². The molecule has 0 heterocycles. The Morgan fingerprint density at radius 3 is 2.61 bits per heavy atom. The molecule has 0 spiro atoms. The maximum atomic E-state index is 12.1. The molecule has 2 amide bonds. The van der Waals surface area contributed by atoms with Crippen LogP contribution in [-0.2, 0) is 4.79 Å². The number of nitrogens with zero attached hydrogens (tertiary/aromatic N) is 1. The zero-order valence-electron chi connectivity index (χ0n) is 15.4. The molecule has 0 atom stereocenters. The van der Waals surface area contributed by atoms with Crippen LogP contribution in [-0.4, -0.2) is 31.2 Å². The van der Waals surface area contributed by atoms with Crippen molar-refractivity contribution in [3.8, 4) is 5.75 Å². The molecular formula is C20H21Cl2N3O3. The Balaban J connectivity index is 1.78. The molecule has 28 heavy (non-hydrogen) atoms. The average molecular weight is 422 g/mol. The molecule has 6 nitrogen and oxygen atoms in total. The number of hydrazone groups is 1. The summed E-state index contributed by atoms with van der Waals surface area (Å²) in [5.74, 6) is -0.129. The smallest absolute Gasteiger partial charge is 0.259 e. The third kappa shape index (κ3) is 6.87. The lowest BCUT2D eigenvalue weighted by atomic mass is 10.2. The van der Waals surface area contributed by atoms with Crippen molar-refractivity contribution in [2.75, 3.05) is 13.2 Å². The molecule has 8 heteroatoms. The molecule has 0 unspecified atom stereocenters. The van der Waals surface area contributed by atoms with Gasteiger partial charge in [-0.25, -0.2) is 5.43 Å². The number of carbonyl (C=O) groups is 2. The lowest BCUT2D eigenvalue weighted by Gasteiger charge is -2.07. The fourth-order valence-electron chi connectivity index (χ4n) is 2.13. The first-order valence-electron chi connectivity index (χ1n) is 8.78. The minimum Gasteiger partial charge on any atom is -0.494 e. The van der Waals surface area contributed by atoms with Crippen molar-refractivity contribution in [3.63, 3.8) is 0 Å². The quantitative estimate of drug-likeness (QED) is 0.364. The largest absolute Gasteiger partial charge is 0.494 e. The molecule has 2 N–H and O–H groups in total. The highest BCUT2D eigenvalue weighted by Crippen LogP contribution is 2.24. The van der Waals surface area contributed by atoms with Gasteiger partial charge < -0.3 is 10.1 Å². The minimum absolute atomic E-state index is 0.214. The van der Waals surface area contributed by atoms with Crippen molar-refractivity contribution in [1.29, 1.82) is 0 Å². The van der Waals surface area contributed by atoms with Gasteiger partial charge in [-0.05, 0) is 36.8 Å². The number of hydrogen-bond donors (Lipinski definition) is 2. The van der Waals surface area contributed by atoms with Gasteiger partial charge in [0.2, 0.25) is 0 Å². The van der Waals surface area contributed by atoms with E-state index >= 15 is 0 Å². The van der Waals surface area contributed by atoms with Crippen LogP contribution in [0, 0.1) is 0 Å². The molecule has 0 aliphatic heterocycles. The molecule has 0 saturated carbocycles. The number of carbonyl (C=O) groups excluding carboxylic acids is 2. The van der Waals surface area contributed by atoms with E-state index in [4.69, 9.17) is 27.9 Å². The number of halogens is 2. The van der Waals surface area contributed by atoms with Gasteiger partial charge in [-0.2, -0.15) is 5.10 Å². The summed E-state index contributed by atoms with van der Waals surface area (Å²) in [5, 5.41) is 7.07. The van der Waals surface area contributed by atoms with E-state index in [0.29, 0.717) is 33.5 Å². The molecule has 0 radical (unpaired) electrons. The summed E-state index contributed by atoms with van der Waals surface area (Å²) in [5.41, 5.74) is 3.32. The van der Waals surface area contributed by atoms with Crippen LogP contribution in [0.5, 0.6) is 5.75 Å². The number of benzene rings is 2. The Kier molecular flexibility index (Phi) is 8.78. The molecule has 2 rings (SSSR count). The second-order valence-electron chi connectivity index (χ2n) is 5.85. The van der Waals surface area contributed by atoms with E-state index in [1.165, 1.54) is 6.21 Å².